The first-order valence-corrected chi connectivity index (χ1v) is 7.59. The van der Waals surface area contributed by atoms with Gasteiger partial charge in [-0.25, -0.2) is 0 Å². The average Bonchev–Trinajstić information content (AvgIpc) is 2.77. The Bertz CT molecular complexity index is 661. The number of nitro benzene ring substituents is 1. The SMILES string of the molecule is O=C(CN1CCCCCC1=O)NNC(=O)c1cccc([N+](=O)[O-])c1. The molecule has 1 fully saturated rings. The molecule has 0 aromatic heterocycles. The summed E-state index contributed by atoms with van der Waals surface area (Å²) in [6.07, 6.45) is 3.04. The van der Waals surface area contributed by atoms with Crippen molar-refractivity contribution >= 4 is 23.4 Å². The molecule has 9 heteroatoms. The number of carbonyl (C=O) groups is 3. The summed E-state index contributed by atoms with van der Waals surface area (Å²) in [7, 11) is 0. The number of hydrogen-bond donors (Lipinski definition) is 2. The quantitative estimate of drug-likeness (QED) is 0.622. The topological polar surface area (TPSA) is 122 Å². The molecule has 0 bridgehead atoms. The molecule has 0 radical (unpaired) electrons. The van der Waals surface area contributed by atoms with E-state index in [0.29, 0.717) is 13.0 Å². The summed E-state index contributed by atoms with van der Waals surface area (Å²) in [6, 6.07) is 5.15. The van der Waals surface area contributed by atoms with Crippen molar-refractivity contribution in [2.24, 2.45) is 0 Å². The monoisotopic (exact) mass is 334 g/mol. The Kier molecular flexibility index (Phi) is 5.83. The number of nitrogens with zero attached hydrogens (tertiary/aromatic N) is 2. The molecule has 128 valence electrons. The zero-order valence-corrected chi connectivity index (χ0v) is 13.0. The van der Waals surface area contributed by atoms with Gasteiger partial charge in [0.25, 0.3) is 17.5 Å². The van der Waals surface area contributed by atoms with Gasteiger partial charge in [-0.05, 0) is 18.9 Å². The van der Waals surface area contributed by atoms with E-state index < -0.39 is 16.7 Å². The normalized spacial score (nSPS) is 14.7. The first-order chi connectivity index (χ1) is 11.5. The minimum absolute atomic E-state index is 0.0512. The van der Waals surface area contributed by atoms with Gasteiger partial charge in [-0.15, -0.1) is 0 Å². The fraction of sp³-hybridized carbons (Fsp3) is 0.400. The first kappa shape index (κ1) is 17.4. The maximum atomic E-state index is 11.9. The number of nitro groups is 1. The molecular weight excluding hydrogens is 316 g/mol. The third-order valence-corrected chi connectivity index (χ3v) is 3.64. The van der Waals surface area contributed by atoms with E-state index in [2.05, 4.69) is 10.9 Å². The molecule has 0 saturated carbocycles. The largest absolute Gasteiger partial charge is 0.333 e. The van der Waals surface area contributed by atoms with E-state index in [1.54, 1.807) is 0 Å². The Morgan fingerprint density at radius 3 is 2.75 bits per heavy atom. The van der Waals surface area contributed by atoms with Crippen LogP contribution in [0.5, 0.6) is 0 Å². The summed E-state index contributed by atoms with van der Waals surface area (Å²) in [5.41, 5.74) is 4.23. The molecule has 1 aromatic rings. The number of benzene rings is 1. The van der Waals surface area contributed by atoms with Gasteiger partial charge in [0.1, 0.15) is 6.54 Å². The van der Waals surface area contributed by atoms with Crippen LogP contribution in [-0.2, 0) is 9.59 Å². The van der Waals surface area contributed by atoms with E-state index in [9.17, 15) is 24.5 Å². The van der Waals surface area contributed by atoms with Crippen LogP contribution < -0.4 is 10.9 Å². The van der Waals surface area contributed by atoms with Crippen LogP contribution in [0.25, 0.3) is 0 Å². The highest BCUT2D eigenvalue weighted by Crippen LogP contribution is 2.13. The van der Waals surface area contributed by atoms with E-state index in [1.807, 2.05) is 0 Å². The highest BCUT2D eigenvalue weighted by atomic mass is 16.6. The van der Waals surface area contributed by atoms with Crippen LogP contribution in [0, 0.1) is 10.1 Å². The van der Waals surface area contributed by atoms with Crippen molar-refractivity contribution in [3.63, 3.8) is 0 Å². The van der Waals surface area contributed by atoms with Gasteiger partial charge in [0.15, 0.2) is 0 Å². The minimum atomic E-state index is -0.672. The Balaban J connectivity index is 1.86. The summed E-state index contributed by atoms with van der Waals surface area (Å²) in [5.74, 6) is -1.27. The summed E-state index contributed by atoms with van der Waals surface area (Å²) in [6.45, 7) is 0.388. The first-order valence-electron chi connectivity index (χ1n) is 7.59. The number of carbonyl (C=O) groups excluding carboxylic acids is 3. The summed E-state index contributed by atoms with van der Waals surface area (Å²) >= 11 is 0. The van der Waals surface area contributed by atoms with Crippen molar-refractivity contribution in [1.82, 2.24) is 15.8 Å². The fourth-order valence-corrected chi connectivity index (χ4v) is 2.38. The molecule has 0 spiro atoms. The molecular formula is C15H18N4O5. The highest BCUT2D eigenvalue weighted by molar-refractivity contribution is 5.96. The molecule has 2 rings (SSSR count). The van der Waals surface area contributed by atoms with Crippen LogP contribution in [0.2, 0.25) is 0 Å². The molecule has 1 saturated heterocycles. The van der Waals surface area contributed by atoms with Gasteiger partial charge in [0.2, 0.25) is 5.91 Å². The van der Waals surface area contributed by atoms with Crippen molar-refractivity contribution < 1.29 is 19.3 Å². The number of hydrogen-bond acceptors (Lipinski definition) is 5. The van der Waals surface area contributed by atoms with Crippen molar-refractivity contribution in [2.45, 2.75) is 25.7 Å². The summed E-state index contributed by atoms with van der Waals surface area (Å²) < 4.78 is 0. The smallest absolute Gasteiger partial charge is 0.270 e. The Labute approximate surface area is 138 Å². The Morgan fingerprint density at radius 2 is 2.00 bits per heavy atom. The lowest BCUT2D eigenvalue weighted by Crippen LogP contribution is -2.47. The lowest BCUT2D eigenvalue weighted by atomic mass is 10.2. The molecule has 0 unspecified atom stereocenters. The van der Waals surface area contributed by atoms with Gasteiger partial charge >= 0.3 is 0 Å². The van der Waals surface area contributed by atoms with Crippen molar-refractivity contribution in [2.75, 3.05) is 13.1 Å². The standard InChI is InChI=1S/C15H18N4O5/c20-13(10-18-8-3-1-2-7-14(18)21)16-17-15(22)11-5-4-6-12(9-11)19(23)24/h4-6,9H,1-3,7-8,10H2,(H,16,20)(H,17,22). The number of hydrazine groups is 1. The van der Waals surface area contributed by atoms with Crippen LogP contribution in [0.1, 0.15) is 36.0 Å². The molecule has 24 heavy (non-hydrogen) atoms. The molecule has 1 aliphatic heterocycles. The molecule has 2 N–H and O–H groups in total. The van der Waals surface area contributed by atoms with E-state index in [4.69, 9.17) is 0 Å². The molecule has 1 aromatic carbocycles. The third kappa shape index (κ3) is 4.77. The lowest BCUT2D eigenvalue weighted by Gasteiger charge is -2.19. The molecule has 1 aliphatic rings. The van der Waals surface area contributed by atoms with Gasteiger partial charge in [0.05, 0.1) is 4.92 Å². The lowest BCUT2D eigenvalue weighted by molar-refractivity contribution is -0.384. The Morgan fingerprint density at radius 1 is 1.21 bits per heavy atom. The number of rotatable bonds is 4. The predicted molar refractivity (Wildman–Crippen MR) is 83.8 cm³/mol. The van der Waals surface area contributed by atoms with E-state index in [1.165, 1.54) is 23.1 Å². The van der Waals surface area contributed by atoms with Gasteiger partial charge in [-0.1, -0.05) is 12.5 Å². The zero-order chi connectivity index (χ0) is 17.5. The second-order valence-electron chi connectivity index (χ2n) is 5.44. The second kappa shape index (κ2) is 8.04. The van der Waals surface area contributed by atoms with Crippen molar-refractivity contribution in [3.8, 4) is 0 Å². The van der Waals surface area contributed by atoms with Gasteiger partial charge in [-0.3, -0.25) is 35.3 Å². The molecule has 9 nitrogen and oxygen atoms in total. The minimum Gasteiger partial charge on any atom is -0.333 e. The van der Waals surface area contributed by atoms with Gasteiger partial charge in [-0.2, -0.15) is 0 Å². The van der Waals surface area contributed by atoms with E-state index in [-0.39, 0.29) is 23.7 Å². The van der Waals surface area contributed by atoms with Crippen LogP contribution in [0.15, 0.2) is 24.3 Å². The third-order valence-electron chi connectivity index (χ3n) is 3.64. The van der Waals surface area contributed by atoms with Gasteiger partial charge in [0, 0.05) is 30.7 Å². The van der Waals surface area contributed by atoms with Crippen LogP contribution in [-0.4, -0.2) is 40.6 Å². The second-order valence-corrected chi connectivity index (χ2v) is 5.44. The molecule has 0 atom stereocenters. The highest BCUT2D eigenvalue weighted by Gasteiger charge is 2.19. The zero-order valence-electron chi connectivity index (χ0n) is 13.0. The van der Waals surface area contributed by atoms with Gasteiger partial charge < -0.3 is 4.90 Å². The maximum absolute atomic E-state index is 11.9. The number of amides is 3. The molecule has 3 amide bonds. The van der Waals surface area contributed by atoms with E-state index in [0.717, 1.165) is 25.3 Å². The Hall–Kier alpha value is -2.97. The number of non-ortho nitro benzene ring substituents is 1. The average molecular weight is 334 g/mol. The number of nitrogens with one attached hydrogen (secondary N) is 2. The molecule has 0 aliphatic carbocycles. The van der Waals surface area contributed by atoms with Crippen molar-refractivity contribution in [3.05, 3.63) is 39.9 Å². The van der Waals surface area contributed by atoms with Crippen LogP contribution in [0.3, 0.4) is 0 Å². The fourth-order valence-electron chi connectivity index (χ4n) is 2.38. The maximum Gasteiger partial charge on any atom is 0.270 e. The summed E-state index contributed by atoms with van der Waals surface area (Å²) in [5, 5.41) is 10.7. The summed E-state index contributed by atoms with van der Waals surface area (Å²) in [4.78, 5) is 47.1. The molecule has 1 heterocycles. The predicted octanol–water partition coefficient (Wildman–Crippen LogP) is 0.758. The van der Waals surface area contributed by atoms with Crippen LogP contribution in [0.4, 0.5) is 5.69 Å². The van der Waals surface area contributed by atoms with E-state index >= 15 is 0 Å². The number of likely N-dealkylation sites (tertiary alicyclic amines) is 1. The van der Waals surface area contributed by atoms with Crippen molar-refractivity contribution in [1.29, 1.82) is 0 Å². The van der Waals surface area contributed by atoms with Crippen LogP contribution >= 0.6 is 0 Å².